The molecule has 3 heteroatoms. The van der Waals surface area contributed by atoms with Crippen LogP contribution in [0, 0.1) is 5.92 Å². The van der Waals surface area contributed by atoms with Gasteiger partial charge >= 0.3 is 5.97 Å². The minimum Gasteiger partial charge on any atom is -0.463 e. The highest BCUT2D eigenvalue weighted by molar-refractivity contribution is 6.76. The monoisotopic (exact) mass is 256 g/mol. The van der Waals surface area contributed by atoms with Crippen molar-refractivity contribution in [3.63, 3.8) is 0 Å². The van der Waals surface area contributed by atoms with E-state index in [1.165, 1.54) is 25.0 Å². The van der Waals surface area contributed by atoms with E-state index in [0.29, 0.717) is 6.61 Å². The van der Waals surface area contributed by atoms with Crippen molar-refractivity contribution in [3.8, 4) is 0 Å². The molecule has 2 nitrogen and oxygen atoms in total. The first-order valence-electron chi connectivity index (χ1n) is 6.68. The second-order valence-corrected chi connectivity index (χ2v) is 11.4. The number of hydrogen-bond donors (Lipinski definition) is 0. The zero-order valence-electron chi connectivity index (χ0n) is 11.9. The summed E-state index contributed by atoms with van der Waals surface area (Å²) < 4.78 is 4.96. The molecule has 0 N–H and O–H groups in total. The van der Waals surface area contributed by atoms with Gasteiger partial charge < -0.3 is 4.74 Å². The first kappa shape index (κ1) is 16.4. The smallest absolute Gasteiger partial charge is 0.330 e. The molecule has 0 aliphatic heterocycles. The van der Waals surface area contributed by atoms with Crippen LogP contribution in [0.2, 0.25) is 25.7 Å². The predicted molar refractivity (Wildman–Crippen MR) is 76.9 cm³/mol. The fourth-order valence-electron chi connectivity index (χ4n) is 2.08. The van der Waals surface area contributed by atoms with Gasteiger partial charge in [0.1, 0.15) is 0 Å². The summed E-state index contributed by atoms with van der Waals surface area (Å²) in [6.45, 7) is 13.5. The first-order chi connectivity index (χ1) is 7.89. The van der Waals surface area contributed by atoms with Gasteiger partial charge in [-0.25, -0.2) is 4.79 Å². The van der Waals surface area contributed by atoms with E-state index >= 15 is 0 Å². The molecule has 0 aromatic rings. The van der Waals surface area contributed by atoms with Crippen LogP contribution >= 0.6 is 0 Å². The topological polar surface area (TPSA) is 26.3 Å². The summed E-state index contributed by atoms with van der Waals surface area (Å²) in [5.41, 5.74) is 0. The summed E-state index contributed by atoms with van der Waals surface area (Å²) in [6.07, 6.45) is 5.90. The maximum atomic E-state index is 10.8. The molecule has 0 radical (unpaired) electrons. The Labute approximate surface area is 107 Å². The number of ether oxygens (including phenoxy) is 1. The lowest BCUT2D eigenvalue weighted by molar-refractivity contribution is -0.137. The SMILES string of the molecule is C=CC(=O)OCCCCC(CC)C[Si](C)(C)C. The average molecular weight is 256 g/mol. The van der Waals surface area contributed by atoms with Crippen LogP contribution in [0.4, 0.5) is 0 Å². The molecular formula is C14H28O2Si. The van der Waals surface area contributed by atoms with E-state index in [-0.39, 0.29) is 5.97 Å². The number of carbonyl (C=O) groups excluding carboxylic acids is 1. The first-order valence-corrected chi connectivity index (χ1v) is 10.4. The second kappa shape index (κ2) is 8.51. The van der Waals surface area contributed by atoms with Gasteiger partial charge in [-0.3, -0.25) is 0 Å². The summed E-state index contributed by atoms with van der Waals surface area (Å²) in [5.74, 6) is 0.552. The molecule has 17 heavy (non-hydrogen) atoms. The van der Waals surface area contributed by atoms with Crippen molar-refractivity contribution >= 4 is 14.0 Å². The van der Waals surface area contributed by atoms with Gasteiger partial charge in [0.25, 0.3) is 0 Å². The molecule has 100 valence electrons. The Morgan fingerprint density at radius 2 is 2.00 bits per heavy atom. The third kappa shape index (κ3) is 10.3. The van der Waals surface area contributed by atoms with Gasteiger partial charge in [-0.15, -0.1) is 0 Å². The standard InChI is InChI=1S/C14H28O2Si/c1-6-13(12-17(3,4)5)10-8-9-11-16-14(15)7-2/h7,13H,2,6,8-12H2,1,3-5H3. The van der Waals surface area contributed by atoms with Crippen LogP contribution in [0.3, 0.4) is 0 Å². The largest absolute Gasteiger partial charge is 0.463 e. The Kier molecular flexibility index (Phi) is 8.22. The quantitative estimate of drug-likeness (QED) is 0.267. The molecule has 0 aliphatic carbocycles. The van der Waals surface area contributed by atoms with E-state index in [4.69, 9.17) is 4.74 Å². The third-order valence-corrected chi connectivity index (χ3v) is 4.70. The highest BCUT2D eigenvalue weighted by atomic mass is 28.3. The lowest BCUT2D eigenvalue weighted by Crippen LogP contribution is -2.23. The average Bonchev–Trinajstić information content (AvgIpc) is 2.25. The summed E-state index contributed by atoms with van der Waals surface area (Å²) in [5, 5.41) is 0. The van der Waals surface area contributed by atoms with Crippen LogP contribution in [0.5, 0.6) is 0 Å². The Bertz CT molecular complexity index is 231. The maximum Gasteiger partial charge on any atom is 0.330 e. The molecule has 0 amide bonds. The van der Waals surface area contributed by atoms with Crippen molar-refractivity contribution in [2.75, 3.05) is 6.61 Å². The molecular weight excluding hydrogens is 228 g/mol. The van der Waals surface area contributed by atoms with Crippen molar-refractivity contribution in [1.82, 2.24) is 0 Å². The maximum absolute atomic E-state index is 10.8. The minimum absolute atomic E-state index is 0.306. The highest BCUT2D eigenvalue weighted by Gasteiger charge is 2.18. The van der Waals surface area contributed by atoms with Gasteiger partial charge in [0.05, 0.1) is 6.61 Å². The molecule has 0 aliphatic rings. The van der Waals surface area contributed by atoms with E-state index in [1.54, 1.807) is 0 Å². The van der Waals surface area contributed by atoms with Crippen molar-refractivity contribution in [2.45, 2.75) is 58.3 Å². The molecule has 1 atom stereocenters. The normalized spacial score (nSPS) is 13.2. The van der Waals surface area contributed by atoms with Crippen LogP contribution < -0.4 is 0 Å². The van der Waals surface area contributed by atoms with E-state index in [0.717, 1.165) is 18.8 Å². The third-order valence-electron chi connectivity index (χ3n) is 2.90. The number of esters is 1. The van der Waals surface area contributed by atoms with Crippen LogP contribution in [0.15, 0.2) is 12.7 Å². The highest BCUT2D eigenvalue weighted by Crippen LogP contribution is 2.24. The Hall–Kier alpha value is -0.573. The predicted octanol–water partition coefficient (Wildman–Crippen LogP) is 4.25. The van der Waals surface area contributed by atoms with Gasteiger partial charge in [0.15, 0.2) is 0 Å². The number of hydrogen-bond acceptors (Lipinski definition) is 2. The summed E-state index contributed by atoms with van der Waals surface area (Å²) >= 11 is 0. The van der Waals surface area contributed by atoms with Gasteiger partial charge in [-0.2, -0.15) is 0 Å². The molecule has 0 heterocycles. The molecule has 0 rings (SSSR count). The van der Waals surface area contributed by atoms with Crippen LogP contribution in [0.25, 0.3) is 0 Å². The zero-order valence-corrected chi connectivity index (χ0v) is 12.9. The van der Waals surface area contributed by atoms with Gasteiger partial charge in [0.2, 0.25) is 0 Å². The Balaban J connectivity index is 3.63. The van der Waals surface area contributed by atoms with Crippen molar-refractivity contribution in [3.05, 3.63) is 12.7 Å². The van der Waals surface area contributed by atoms with E-state index in [1.807, 2.05) is 0 Å². The lowest BCUT2D eigenvalue weighted by Gasteiger charge is -2.23. The molecule has 0 aromatic heterocycles. The van der Waals surface area contributed by atoms with Crippen LogP contribution in [-0.2, 0) is 9.53 Å². The minimum atomic E-state index is -0.932. The molecule has 1 unspecified atom stereocenters. The molecule has 0 bridgehead atoms. The van der Waals surface area contributed by atoms with Crippen molar-refractivity contribution in [1.29, 1.82) is 0 Å². The molecule has 0 saturated carbocycles. The van der Waals surface area contributed by atoms with Crippen molar-refractivity contribution < 1.29 is 9.53 Å². The van der Waals surface area contributed by atoms with Crippen LogP contribution in [-0.4, -0.2) is 20.7 Å². The number of carbonyl (C=O) groups is 1. The van der Waals surface area contributed by atoms with Gasteiger partial charge in [0, 0.05) is 14.1 Å². The van der Waals surface area contributed by atoms with Crippen LogP contribution in [0.1, 0.15) is 32.6 Å². The zero-order chi connectivity index (χ0) is 13.3. The Morgan fingerprint density at radius 1 is 1.35 bits per heavy atom. The number of unbranched alkanes of at least 4 members (excludes halogenated alkanes) is 1. The molecule has 0 fully saturated rings. The summed E-state index contributed by atoms with van der Waals surface area (Å²) in [7, 11) is -0.932. The molecule has 0 aromatic carbocycles. The Morgan fingerprint density at radius 3 is 2.47 bits per heavy atom. The molecule has 0 saturated heterocycles. The van der Waals surface area contributed by atoms with E-state index < -0.39 is 8.07 Å². The van der Waals surface area contributed by atoms with Gasteiger partial charge in [-0.05, 0) is 18.8 Å². The van der Waals surface area contributed by atoms with Gasteiger partial charge in [-0.1, -0.05) is 52.0 Å². The fraction of sp³-hybridized carbons (Fsp3) is 0.786. The van der Waals surface area contributed by atoms with E-state index in [9.17, 15) is 4.79 Å². The van der Waals surface area contributed by atoms with E-state index in [2.05, 4.69) is 33.1 Å². The number of rotatable bonds is 9. The summed E-state index contributed by atoms with van der Waals surface area (Å²) in [6, 6.07) is 1.41. The lowest BCUT2D eigenvalue weighted by atomic mass is 10.0. The molecule has 0 spiro atoms. The second-order valence-electron chi connectivity index (χ2n) is 5.91. The van der Waals surface area contributed by atoms with Crippen molar-refractivity contribution in [2.24, 2.45) is 5.92 Å². The summed E-state index contributed by atoms with van der Waals surface area (Å²) in [4.78, 5) is 10.8. The fourth-order valence-corrected chi connectivity index (χ4v) is 4.31.